The first-order chi connectivity index (χ1) is 18.5. The van der Waals surface area contributed by atoms with E-state index < -0.39 is 6.29 Å². The summed E-state index contributed by atoms with van der Waals surface area (Å²) in [6.07, 6.45) is 3.06. The Morgan fingerprint density at radius 2 is 1.63 bits per heavy atom. The van der Waals surface area contributed by atoms with E-state index in [-0.39, 0.29) is 37.2 Å². The fraction of sp³-hybridized carbons (Fsp3) is 0.517. The van der Waals surface area contributed by atoms with Gasteiger partial charge in [0.25, 0.3) is 0 Å². The molecule has 4 N–H and O–H groups in total. The predicted octanol–water partition coefficient (Wildman–Crippen LogP) is 3.76. The molecule has 208 valence electrons. The average Bonchev–Trinajstić information content (AvgIpc) is 2.94. The summed E-state index contributed by atoms with van der Waals surface area (Å²) in [6.45, 7) is 2.75. The monoisotopic (exact) mass is 544 g/mol. The summed E-state index contributed by atoms with van der Waals surface area (Å²) in [5.74, 6) is 1.42. The van der Waals surface area contributed by atoms with Gasteiger partial charge in [0, 0.05) is 49.9 Å². The molecule has 3 atom stereocenters. The Bertz CT molecular complexity index is 986. The molecular formula is C29H40N2O6S. The second kappa shape index (κ2) is 16.5. The lowest BCUT2D eigenvalue weighted by atomic mass is 10.0. The van der Waals surface area contributed by atoms with Crippen LogP contribution in [0.25, 0.3) is 0 Å². The molecule has 0 spiro atoms. The molecule has 38 heavy (non-hydrogen) atoms. The first-order valence-electron chi connectivity index (χ1n) is 13.3. The van der Waals surface area contributed by atoms with Gasteiger partial charge in [-0.1, -0.05) is 55.0 Å². The van der Waals surface area contributed by atoms with Crippen molar-refractivity contribution in [2.75, 3.05) is 24.7 Å². The molecule has 1 fully saturated rings. The number of aliphatic hydroxyl groups excluding tert-OH is 2. The summed E-state index contributed by atoms with van der Waals surface area (Å²) in [7, 11) is 0. The van der Waals surface area contributed by atoms with Crippen molar-refractivity contribution in [3.8, 4) is 0 Å². The number of ether oxygens (including phenoxy) is 2. The van der Waals surface area contributed by atoms with E-state index >= 15 is 0 Å². The lowest BCUT2D eigenvalue weighted by molar-refractivity contribution is -0.245. The first kappa shape index (κ1) is 30.1. The third-order valence-corrected chi connectivity index (χ3v) is 7.43. The third-order valence-electron chi connectivity index (χ3n) is 6.35. The molecule has 3 unspecified atom stereocenters. The molecule has 0 aliphatic carbocycles. The van der Waals surface area contributed by atoms with Gasteiger partial charge < -0.3 is 30.3 Å². The lowest BCUT2D eigenvalue weighted by Crippen LogP contribution is -2.31. The molecule has 8 nitrogen and oxygen atoms in total. The number of nitrogens with one attached hydrogen (secondary N) is 2. The molecule has 0 saturated carbocycles. The van der Waals surface area contributed by atoms with E-state index in [0.29, 0.717) is 31.7 Å². The molecule has 0 aromatic heterocycles. The molecule has 2 aromatic carbocycles. The van der Waals surface area contributed by atoms with Gasteiger partial charge in [-0.25, -0.2) is 0 Å². The largest absolute Gasteiger partial charge is 0.396 e. The number of carbonyl (C=O) groups excluding carboxylic acids is 2. The maximum atomic E-state index is 12.2. The molecule has 9 heteroatoms. The van der Waals surface area contributed by atoms with Crippen LogP contribution >= 0.6 is 11.8 Å². The highest BCUT2D eigenvalue weighted by atomic mass is 32.2. The molecular weight excluding hydrogens is 504 g/mol. The van der Waals surface area contributed by atoms with Crippen molar-refractivity contribution in [3.63, 3.8) is 0 Å². The number of unbranched alkanes of at least 4 members (excludes halogenated alkanes) is 2. The topological polar surface area (TPSA) is 117 Å². The van der Waals surface area contributed by atoms with Crippen LogP contribution in [-0.4, -0.2) is 52.8 Å². The number of aliphatic hydroxyl groups is 2. The van der Waals surface area contributed by atoms with Gasteiger partial charge in [-0.2, -0.15) is 11.8 Å². The van der Waals surface area contributed by atoms with Crippen molar-refractivity contribution in [3.05, 3.63) is 70.8 Å². The molecule has 2 amide bonds. The van der Waals surface area contributed by atoms with Crippen LogP contribution in [-0.2, 0) is 32.2 Å². The minimum Gasteiger partial charge on any atom is -0.396 e. The average molecular weight is 545 g/mol. The van der Waals surface area contributed by atoms with Crippen molar-refractivity contribution in [2.24, 2.45) is 0 Å². The number of hydrogen-bond acceptors (Lipinski definition) is 7. The molecule has 1 aliphatic heterocycles. The number of amides is 2. The van der Waals surface area contributed by atoms with Gasteiger partial charge >= 0.3 is 0 Å². The molecule has 3 rings (SSSR count). The number of carbonyl (C=O) groups is 2. The van der Waals surface area contributed by atoms with Crippen molar-refractivity contribution in [1.29, 1.82) is 0 Å². The van der Waals surface area contributed by atoms with E-state index in [0.717, 1.165) is 47.3 Å². The Balaban J connectivity index is 1.52. The van der Waals surface area contributed by atoms with Crippen LogP contribution in [0.15, 0.2) is 48.5 Å². The zero-order valence-electron chi connectivity index (χ0n) is 22.1. The van der Waals surface area contributed by atoms with E-state index in [9.17, 15) is 14.7 Å². The van der Waals surface area contributed by atoms with Crippen molar-refractivity contribution in [2.45, 2.75) is 70.7 Å². The fourth-order valence-electron chi connectivity index (χ4n) is 4.24. The van der Waals surface area contributed by atoms with Crippen molar-refractivity contribution < 1.29 is 29.3 Å². The van der Waals surface area contributed by atoms with Crippen LogP contribution in [0.5, 0.6) is 0 Å². The van der Waals surface area contributed by atoms with E-state index in [1.165, 1.54) is 6.92 Å². The van der Waals surface area contributed by atoms with Gasteiger partial charge in [0.05, 0.1) is 25.4 Å². The maximum Gasteiger partial charge on any atom is 0.220 e. The number of hydrogen-bond donors (Lipinski definition) is 4. The smallest absolute Gasteiger partial charge is 0.220 e. The molecule has 1 saturated heterocycles. The standard InChI is InChI=1S/C29H40N2O6S/c1-21(34)30-14-4-2-3-5-28(35)31-18-22-6-12-25(13-7-22)29-36-26(20-38-16-15-32)17-27(37-29)24-10-8-23(19-33)9-11-24/h6-13,26-27,29,32-33H,2-5,14-20H2,1H3,(H,30,34)(H,31,35). The molecule has 0 bridgehead atoms. The van der Waals surface area contributed by atoms with Crippen LogP contribution in [0.4, 0.5) is 0 Å². The Morgan fingerprint density at radius 1 is 0.921 bits per heavy atom. The first-order valence-corrected chi connectivity index (χ1v) is 14.4. The highest BCUT2D eigenvalue weighted by Crippen LogP contribution is 2.38. The molecule has 1 heterocycles. The molecule has 1 aliphatic rings. The third kappa shape index (κ3) is 10.4. The second-order valence-electron chi connectivity index (χ2n) is 9.46. The van der Waals surface area contributed by atoms with Crippen LogP contribution in [0, 0.1) is 0 Å². The lowest BCUT2D eigenvalue weighted by Gasteiger charge is -2.36. The second-order valence-corrected chi connectivity index (χ2v) is 10.6. The van der Waals surface area contributed by atoms with E-state index in [1.807, 2.05) is 48.5 Å². The summed E-state index contributed by atoms with van der Waals surface area (Å²) in [5, 5.41) is 24.2. The zero-order chi connectivity index (χ0) is 27.2. The van der Waals surface area contributed by atoms with Gasteiger partial charge in [0.15, 0.2) is 6.29 Å². The molecule has 2 aromatic rings. The fourth-order valence-corrected chi connectivity index (χ4v) is 5.01. The van der Waals surface area contributed by atoms with Gasteiger partial charge in [0.1, 0.15) is 0 Å². The summed E-state index contributed by atoms with van der Waals surface area (Å²) < 4.78 is 12.6. The summed E-state index contributed by atoms with van der Waals surface area (Å²) in [5.41, 5.74) is 3.81. The van der Waals surface area contributed by atoms with Gasteiger partial charge in [0.2, 0.25) is 11.8 Å². The Kier molecular flexibility index (Phi) is 13.1. The summed E-state index contributed by atoms with van der Waals surface area (Å²) >= 11 is 1.66. The van der Waals surface area contributed by atoms with Crippen molar-refractivity contribution in [1.82, 2.24) is 10.6 Å². The Hall–Kier alpha value is -2.43. The minimum atomic E-state index is -0.521. The highest BCUT2D eigenvalue weighted by Gasteiger charge is 2.32. The van der Waals surface area contributed by atoms with Crippen LogP contribution in [0.1, 0.15) is 73.7 Å². The normalized spacial score (nSPS) is 19.2. The van der Waals surface area contributed by atoms with Gasteiger partial charge in [-0.3, -0.25) is 9.59 Å². The van der Waals surface area contributed by atoms with Crippen LogP contribution < -0.4 is 10.6 Å². The quantitative estimate of drug-likeness (QED) is 0.252. The van der Waals surface area contributed by atoms with E-state index in [4.69, 9.17) is 14.6 Å². The van der Waals surface area contributed by atoms with E-state index in [1.54, 1.807) is 11.8 Å². The zero-order valence-corrected chi connectivity index (χ0v) is 22.9. The summed E-state index contributed by atoms with van der Waals surface area (Å²) in [4.78, 5) is 23.0. The minimum absolute atomic E-state index is 0.00466. The number of benzene rings is 2. The van der Waals surface area contributed by atoms with Gasteiger partial charge in [-0.05, 0) is 29.5 Å². The highest BCUT2D eigenvalue weighted by molar-refractivity contribution is 7.99. The molecule has 0 radical (unpaired) electrons. The van der Waals surface area contributed by atoms with Crippen LogP contribution in [0.3, 0.4) is 0 Å². The number of rotatable bonds is 15. The SMILES string of the molecule is CC(=O)NCCCCCC(=O)NCc1ccc(C2OC(CSCCO)CC(c3ccc(CO)cc3)O2)cc1. The Labute approximate surface area is 229 Å². The van der Waals surface area contributed by atoms with E-state index in [2.05, 4.69) is 10.6 Å². The van der Waals surface area contributed by atoms with Crippen molar-refractivity contribution >= 4 is 23.6 Å². The number of thioether (sulfide) groups is 1. The Morgan fingerprint density at radius 3 is 2.32 bits per heavy atom. The van der Waals surface area contributed by atoms with Gasteiger partial charge in [-0.15, -0.1) is 0 Å². The predicted molar refractivity (Wildman–Crippen MR) is 148 cm³/mol. The summed E-state index contributed by atoms with van der Waals surface area (Å²) in [6, 6.07) is 15.7. The maximum absolute atomic E-state index is 12.2. The van der Waals surface area contributed by atoms with Crippen LogP contribution in [0.2, 0.25) is 0 Å².